The van der Waals surface area contributed by atoms with Gasteiger partial charge in [-0.15, -0.1) is 0 Å². The zero-order valence-electron chi connectivity index (χ0n) is 12.3. The molecule has 1 aromatic heterocycles. The van der Waals surface area contributed by atoms with Crippen molar-refractivity contribution in [2.45, 2.75) is 38.7 Å². The molecule has 0 aromatic carbocycles. The van der Waals surface area contributed by atoms with Crippen molar-refractivity contribution < 1.29 is 14.3 Å². The number of rotatable bonds is 7. The number of aromatic nitrogens is 1. The number of hydrogen-bond donors (Lipinski definition) is 1. The first-order valence-electron chi connectivity index (χ1n) is 7.05. The van der Waals surface area contributed by atoms with Crippen LogP contribution in [-0.2, 0) is 9.53 Å². The molecule has 0 saturated heterocycles. The molecule has 0 radical (unpaired) electrons. The van der Waals surface area contributed by atoms with Gasteiger partial charge in [-0.1, -0.05) is 6.92 Å². The van der Waals surface area contributed by atoms with Crippen LogP contribution in [0.1, 0.15) is 33.1 Å². The molecule has 0 bridgehead atoms. The van der Waals surface area contributed by atoms with Gasteiger partial charge in [0.15, 0.2) is 0 Å². The van der Waals surface area contributed by atoms with E-state index in [1.807, 2.05) is 13.8 Å². The van der Waals surface area contributed by atoms with Crippen molar-refractivity contribution in [2.75, 3.05) is 19.0 Å². The number of carbonyl (C=O) groups excluding carboxylic acids is 1. The van der Waals surface area contributed by atoms with Crippen LogP contribution in [0, 0.1) is 5.92 Å². The molecule has 5 heteroatoms. The Morgan fingerprint density at radius 2 is 2.25 bits per heavy atom. The quantitative estimate of drug-likeness (QED) is 0.833. The summed E-state index contributed by atoms with van der Waals surface area (Å²) in [7, 11) is 1.56. The minimum absolute atomic E-state index is 0.0968. The monoisotopic (exact) mass is 278 g/mol. The highest BCUT2D eigenvalue weighted by atomic mass is 16.5. The molecule has 1 N–H and O–H groups in total. The molecule has 2 rings (SSSR count). The average Bonchev–Trinajstić information content (AvgIpc) is 3.30. The molecular formula is C15H22N2O3. The van der Waals surface area contributed by atoms with E-state index in [1.165, 1.54) is 0 Å². The first-order chi connectivity index (χ1) is 9.60. The summed E-state index contributed by atoms with van der Waals surface area (Å²) in [6.07, 6.45) is 4.59. The normalized spacial score (nSPS) is 17.4. The maximum absolute atomic E-state index is 12.5. The molecule has 1 saturated carbocycles. The standard InChI is InChI=1S/C15H22N2O3/c1-4-9-20-15(2,11-5-6-11)14(18)17-12-7-8-13(19-3)16-10-12/h7-8,10-11H,4-6,9H2,1-3H3,(H,17,18)/t15-/m1/s1. The van der Waals surface area contributed by atoms with E-state index in [-0.39, 0.29) is 5.91 Å². The van der Waals surface area contributed by atoms with Crippen molar-refractivity contribution >= 4 is 11.6 Å². The van der Waals surface area contributed by atoms with Crippen LogP contribution in [0.2, 0.25) is 0 Å². The number of hydrogen-bond acceptors (Lipinski definition) is 4. The van der Waals surface area contributed by atoms with Gasteiger partial charge < -0.3 is 14.8 Å². The number of nitrogens with zero attached hydrogens (tertiary/aromatic N) is 1. The number of amides is 1. The first-order valence-corrected chi connectivity index (χ1v) is 7.05. The van der Waals surface area contributed by atoms with Crippen LogP contribution in [0.4, 0.5) is 5.69 Å². The maximum atomic E-state index is 12.5. The lowest BCUT2D eigenvalue weighted by Gasteiger charge is -2.28. The van der Waals surface area contributed by atoms with Gasteiger partial charge in [0.2, 0.25) is 5.88 Å². The van der Waals surface area contributed by atoms with Crippen molar-refractivity contribution in [3.05, 3.63) is 18.3 Å². The third kappa shape index (κ3) is 3.28. The fourth-order valence-electron chi connectivity index (χ4n) is 2.15. The van der Waals surface area contributed by atoms with E-state index in [2.05, 4.69) is 10.3 Å². The first kappa shape index (κ1) is 14.8. The second-order valence-corrected chi connectivity index (χ2v) is 5.27. The van der Waals surface area contributed by atoms with Crippen LogP contribution in [0.3, 0.4) is 0 Å². The molecule has 1 atom stereocenters. The van der Waals surface area contributed by atoms with Crippen molar-refractivity contribution in [1.82, 2.24) is 4.98 Å². The van der Waals surface area contributed by atoms with Gasteiger partial charge in [-0.2, -0.15) is 0 Å². The van der Waals surface area contributed by atoms with Crippen LogP contribution in [0.15, 0.2) is 18.3 Å². The zero-order chi connectivity index (χ0) is 14.6. The fourth-order valence-corrected chi connectivity index (χ4v) is 2.15. The van der Waals surface area contributed by atoms with E-state index in [1.54, 1.807) is 25.4 Å². The van der Waals surface area contributed by atoms with Crippen molar-refractivity contribution in [2.24, 2.45) is 5.92 Å². The molecule has 20 heavy (non-hydrogen) atoms. The maximum Gasteiger partial charge on any atom is 0.256 e. The van der Waals surface area contributed by atoms with Crippen LogP contribution in [0.25, 0.3) is 0 Å². The third-order valence-electron chi connectivity index (χ3n) is 3.62. The van der Waals surface area contributed by atoms with Crippen molar-refractivity contribution in [1.29, 1.82) is 0 Å². The minimum Gasteiger partial charge on any atom is -0.481 e. The highest BCUT2D eigenvalue weighted by molar-refractivity contribution is 5.97. The van der Waals surface area contributed by atoms with E-state index in [9.17, 15) is 4.79 Å². The topological polar surface area (TPSA) is 60.5 Å². The number of nitrogens with one attached hydrogen (secondary N) is 1. The van der Waals surface area contributed by atoms with E-state index in [4.69, 9.17) is 9.47 Å². The van der Waals surface area contributed by atoms with Gasteiger partial charge in [0.1, 0.15) is 5.60 Å². The van der Waals surface area contributed by atoms with Gasteiger partial charge in [-0.05, 0) is 38.2 Å². The molecule has 1 fully saturated rings. The zero-order valence-corrected chi connectivity index (χ0v) is 12.3. The van der Waals surface area contributed by atoms with Gasteiger partial charge >= 0.3 is 0 Å². The largest absolute Gasteiger partial charge is 0.481 e. The number of pyridine rings is 1. The SMILES string of the molecule is CCCO[C@@](C)(C(=O)Nc1ccc(OC)nc1)C1CC1. The Hall–Kier alpha value is -1.62. The Labute approximate surface area is 119 Å². The molecule has 0 spiro atoms. The Balaban J connectivity index is 2.03. The van der Waals surface area contributed by atoms with E-state index in [0.29, 0.717) is 24.1 Å². The van der Waals surface area contributed by atoms with Gasteiger partial charge in [-0.25, -0.2) is 4.98 Å². The predicted molar refractivity (Wildman–Crippen MR) is 76.8 cm³/mol. The Morgan fingerprint density at radius 3 is 2.75 bits per heavy atom. The smallest absolute Gasteiger partial charge is 0.256 e. The number of ether oxygens (including phenoxy) is 2. The number of methoxy groups -OCH3 is 1. The molecule has 1 amide bonds. The molecule has 1 aromatic rings. The third-order valence-corrected chi connectivity index (χ3v) is 3.62. The van der Waals surface area contributed by atoms with Crippen LogP contribution >= 0.6 is 0 Å². The van der Waals surface area contributed by atoms with E-state index in [0.717, 1.165) is 19.3 Å². The lowest BCUT2D eigenvalue weighted by molar-refractivity contribution is -0.142. The molecule has 110 valence electrons. The minimum atomic E-state index is -0.740. The molecule has 5 nitrogen and oxygen atoms in total. The summed E-state index contributed by atoms with van der Waals surface area (Å²) < 4.78 is 10.8. The summed E-state index contributed by atoms with van der Waals surface area (Å²) in [5.41, 5.74) is -0.0848. The molecule has 0 unspecified atom stereocenters. The Bertz CT molecular complexity index is 457. The summed E-state index contributed by atoms with van der Waals surface area (Å²) in [5.74, 6) is 0.746. The lowest BCUT2D eigenvalue weighted by atomic mass is 9.99. The molecule has 1 aliphatic carbocycles. The van der Waals surface area contributed by atoms with Crippen LogP contribution in [0.5, 0.6) is 5.88 Å². The van der Waals surface area contributed by atoms with Crippen molar-refractivity contribution in [3.8, 4) is 5.88 Å². The highest BCUT2D eigenvalue weighted by Crippen LogP contribution is 2.42. The summed E-state index contributed by atoms with van der Waals surface area (Å²) in [6.45, 7) is 4.52. The summed E-state index contributed by atoms with van der Waals surface area (Å²) >= 11 is 0. The van der Waals surface area contributed by atoms with Gasteiger partial charge in [0, 0.05) is 12.7 Å². The Morgan fingerprint density at radius 1 is 1.50 bits per heavy atom. The second-order valence-electron chi connectivity index (χ2n) is 5.27. The summed E-state index contributed by atoms with van der Waals surface area (Å²) in [4.78, 5) is 16.6. The van der Waals surface area contributed by atoms with E-state index >= 15 is 0 Å². The number of carbonyl (C=O) groups is 1. The molecule has 1 aliphatic rings. The van der Waals surface area contributed by atoms with Gasteiger partial charge in [0.05, 0.1) is 19.0 Å². The lowest BCUT2D eigenvalue weighted by Crippen LogP contribution is -2.45. The van der Waals surface area contributed by atoms with Crippen molar-refractivity contribution in [3.63, 3.8) is 0 Å². The molecule has 1 heterocycles. The van der Waals surface area contributed by atoms with Crippen LogP contribution < -0.4 is 10.1 Å². The predicted octanol–water partition coefficient (Wildman–Crippen LogP) is 2.62. The average molecular weight is 278 g/mol. The van der Waals surface area contributed by atoms with Crippen LogP contribution in [-0.4, -0.2) is 30.2 Å². The van der Waals surface area contributed by atoms with Gasteiger partial charge in [0.25, 0.3) is 5.91 Å². The molecule has 0 aliphatic heterocycles. The fraction of sp³-hybridized carbons (Fsp3) is 0.600. The number of anilines is 1. The van der Waals surface area contributed by atoms with E-state index < -0.39 is 5.60 Å². The Kier molecular flexibility index (Phi) is 4.60. The molecular weight excluding hydrogens is 256 g/mol. The van der Waals surface area contributed by atoms with Gasteiger partial charge in [-0.3, -0.25) is 4.79 Å². The highest BCUT2D eigenvalue weighted by Gasteiger charge is 2.48. The summed E-state index contributed by atoms with van der Waals surface area (Å²) in [6, 6.07) is 3.49. The second kappa shape index (κ2) is 6.22. The summed E-state index contributed by atoms with van der Waals surface area (Å²) in [5, 5.41) is 2.88.